The van der Waals surface area contributed by atoms with Crippen LogP contribution in [0.15, 0.2) is 18.5 Å². The molecule has 0 atom stereocenters. The Kier molecular flexibility index (Phi) is 3.57. The predicted octanol–water partition coefficient (Wildman–Crippen LogP) is 1.91. The number of nitrogens with one attached hydrogen (secondary N) is 1. The summed E-state index contributed by atoms with van der Waals surface area (Å²) in [4.78, 5) is 19.8. The van der Waals surface area contributed by atoms with E-state index in [-0.39, 0.29) is 11.1 Å². The standard InChI is InChI=1S/C11H12ClN5O/c1-3-17-8(4-7(2)16-17)11(18)15-10-6-13-9(12)5-14-10/h4-6H,3H2,1-2H3,(H,14,15,18). The minimum Gasteiger partial charge on any atom is -0.304 e. The zero-order valence-corrected chi connectivity index (χ0v) is 10.8. The molecule has 0 aliphatic carbocycles. The first-order chi connectivity index (χ1) is 8.60. The van der Waals surface area contributed by atoms with Gasteiger partial charge in [-0.1, -0.05) is 11.6 Å². The molecule has 6 nitrogen and oxygen atoms in total. The van der Waals surface area contributed by atoms with Crippen molar-refractivity contribution in [3.63, 3.8) is 0 Å². The molecule has 0 aromatic carbocycles. The van der Waals surface area contributed by atoms with E-state index >= 15 is 0 Å². The molecule has 18 heavy (non-hydrogen) atoms. The minimum absolute atomic E-state index is 0.269. The Bertz CT molecular complexity index is 563. The van der Waals surface area contributed by atoms with E-state index in [2.05, 4.69) is 20.4 Å². The van der Waals surface area contributed by atoms with Crippen molar-refractivity contribution in [2.24, 2.45) is 0 Å². The molecule has 2 rings (SSSR count). The van der Waals surface area contributed by atoms with Crippen LogP contribution in [0.2, 0.25) is 5.15 Å². The van der Waals surface area contributed by atoms with E-state index in [1.165, 1.54) is 12.4 Å². The lowest BCUT2D eigenvalue weighted by atomic mass is 10.3. The van der Waals surface area contributed by atoms with Gasteiger partial charge in [-0.2, -0.15) is 5.10 Å². The summed E-state index contributed by atoms with van der Waals surface area (Å²) in [5, 5.41) is 7.13. The zero-order valence-electron chi connectivity index (χ0n) is 10.0. The highest BCUT2D eigenvalue weighted by molar-refractivity contribution is 6.29. The summed E-state index contributed by atoms with van der Waals surface area (Å²) < 4.78 is 1.63. The third kappa shape index (κ3) is 2.65. The smallest absolute Gasteiger partial charge is 0.275 e. The maximum absolute atomic E-state index is 12.0. The monoisotopic (exact) mass is 265 g/mol. The molecule has 1 amide bonds. The van der Waals surface area contributed by atoms with Crippen molar-refractivity contribution in [1.82, 2.24) is 19.7 Å². The van der Waals surface area contributed by atoms with Crippen LogP contribution in [-0.4, -0.2) is 25.7 Å². The Morgan fingerprint density at radius 3 is 2.83 bits per heavy atom. The van der Waals surface area contributed by atoms with E-state index in [0.717, 1.165) is 5.69 Å². The largest absolute Gasteiger partial charge is 0.304 e. The second kappa shape index (κ2) is 5.14. The van der Waals surface area contributed by atoms with Crippen molar-refractivity contribution < 1.29 is 4.79 Å². The summed E-state index contributed by atoms with van der Waals surface area (Å²) in [6, 6.07) is 1.72. The molecule has 0 spiro atoms. The first-order valence-electron chi connectivity index (χ1n) is 5.43. The van der Waals surface area contributed by atoms with Crippen molar-refractivity contribution in [2.75, 3.05) is 5.32 Å². The van der Waals surface area contributed by atoms with E-state index < -0.39 is 0 Å². The minimum atomic E-state index is -0.269. The molecule has 0 bridgehead atoms. The Morgan fingerprint density at radius 2 is 2.22 bits per heavy atom. The summed E-state index contributed by atoms with van der Waals surface area (Å²) >= 11 is 5.62. The van der Waals surface area contributed by atoms with Crippen molar-refractivity contribution in [1.29, 1.82) is 0 Å². The van der Waals surface area contributed by atoms with Crippen LogP contribution in [0.3, 0.4) is 0 Å². The Balaban J connectivity index is 2.19. The topological polar surface area (TPSA) is 72.7 Å². The fraction of sp³-hybridized carbons (Fsp3) is 0.273. The van der Waals surface area contributed by atoms with E-state index in [1.807, 2.05) is 13.8 Å². The number of carbonyl (C=O) groups excluding carboxylic acids is 1. The number of aryl methyl sites for hydroxylation is 2. The fourth-order valence-corrected chi connectivity index (χ4v) is 1.62. The predicted molar refractivity (Wildman–Crippen MR) is 67.6 cm³/mol. The van der Waals surface area contributed by atoms with Crippen LogP contribution in [0.4, 0.5) is 5.82 Å². The number of rotatable bonds is 3. The van der Waals surface area contributed by atoms with Crippen LogP contribution in [0.5, 0.6) is 0 Å². The molecule has 0 aliphatic heterocycles. The highest BCUT2D eigenvalue weighted by atomic mass is 35.5. The van der Waals surface area contributed by atoms with Gasteiger partial charge in [0.25, 0.3) is 5.91 Å². The van der Waals surface area contributed by atoms with Crippen LogP contribution in [0.1, 0.15) is 23.1 Å². The van der Waals surface area contributed by atoms with Gasteiger partial charge in [0.2, 0.25) is 0 Å². The summed E-state index contributed by atoms with van der Waals surface area (Å²) in [6.07, 6.45) is 2.78. The van der Waals surface area contributed by atoms with Crippen LogP contribution in [0, 0.1) is 6.92 Å². The molecule has 0 fully saturated rings. The Morgan fingerprint density at radius 1 is 1.44 bits per heavy atom. The molecule has 2 aromatic rings. The number of carbonyl (C=O) groups is 1. The molecule has 2 aromatic heterocycles. The molecule has 0 unspecified atom stereocenters. The van der Waals surface area contributed by atoms with Crippen molar-refractivity contribution >= 4 is 23.3 Å². The molecular formula is C11H12ClN5O. The molecule has 0 saturated carbocycles. The van der Waals surface area contributed by atoms with Gasteiger partial charge < -0.3 is 5.32 Å². The van der Waals surface area contributed by atoms with Gasteiger partial charge >= 0.3 is 0 Å². The molecule has 7 heteroatoms. The van der Waals surface area contributed by atoms with Crippen molar-refractivity contribution in [2.45, 2.75) is 20.4 Å². The van der Waals surface area contributed by atoms with Gasteiger partial charge in [-0.05, 0) is 19.9 Å². The third-order valence-electron chi connectivity index (χ3n) is 2.30. The first kappa shape index (κ1) is 12.5. The molecule has 1 N–H and O–H groups in total. The molecule has 94 valence electrons. The third-order valence-corrected chi connectivity index (χ3v) is 2.49. The van der Waals surface area contributed by atoms with Crippen LogP contribution in [-0.2, 0) is 6.54 Å². The number of halogens is 1. The molecule has 0 radical (unpaired) electrons. The summed E-state index contributed by atoms with van der Waals surface area (Å²) in [5.74, 6) is 0.0833. The number of hydrogen-bond acceptors (Lipinski definition) is 4. The van der Waals surface area contributed by atoms with Crippen molar-refractivity contribution in [3.05, 3.63) is 35.0 Å². The summed E-state index contributed by atoms with van der Waals surface area (Å²) in [7, 11) is 0. The summed E-state index contributed by atoms with van der Waals surface area (Å²) in [6.45, 7) is 4.39. The van der Waals surface area contributed by atoms with E-state index in [0.29, 0.717) is 18.1 Å². The Hall–Kier alpha value is -1.95. The average Bonchev–Trinajstić information content (AvgIpc) is 2.73. The number of aromatic nitrogens is 4. The summed E-state index contributed by atoms with van der Waals surface area (Å²) in [5.41, 5.74) is 1.29. The average molecular weight is 266 g/mol. The molecule has 2 heterocycles. The fourth-order valence-electron chi connectivity index (χ4n) is 1.53. The number of nitrogens with zero attached hydrogens (tertiary/aromatic N) is 4. The number of amides is 1. The van der Waals surface area contributed by atoms with Gasteiger partial charge in [-0.3, -0.25) is 9.48 Å². The SMILES string of the molecule is CCn1nc(C)cc1C(=O)Nc1cnc(Cl)cn1. The second-order valence-electron chi connectivity index (χ2n) is 3.67. The van der Waals surface area contributed by atoms with E-state index in [4.69, 9.17) is 11.6 Å². The normalized spacial score (nSPS) is 10.4. The first-order valence-corrected chi connectivity index (χ1v) is 5.81. The Labute approximate surface area is 109 Å². The quantitative estimate of drug-likeness (QED) is 0.920. The lowest BCUT2D eigenvalue weighted by molar-refractivity contribution is 0.101. The maximum Gasteiger partial charge on any atom is 0.275 e. The number of anilines is 1. The number of hydrogen-bond donors (Lipinski definition) is 1. The van der Waals surface area contributed by atoms with Gasteiger partial charge in [0.05, 0.1) is 18.1 Å². The second-order valence-corrected chi connectivity index (χ2v) is 4.05. The van der Waals surface area contributed by atoms with E-state index in [1.54, 1.807) is 10.7 Å². The highest BCUT2D eigenvalue weighted by Gasteiger charge is 2.13. The molecule has 0 saturated heterocycles. The molecular weight excluding hydrogens is 254 g/mol. The van der Waals surface area contributed by atoms with Gasteiger partial charge in [0.15, 0.2) is 5.82 Å². The van der Waals surface area contributed by atoms with Crippen LogP contribution in [0.25, 0.3) is 0 Å². The van der Waals surface area contributed by atoms with Crippen molar-refractivity contribution in [3.8, 4) is 0 Å². The van der Waals surface area contributed by atoms with E-state index in [9.17, 15) is 4.79 Å². The lowest BCUT2D eigenvalue weighted by Gasteiger charge is -2.05. The lowest BCUT2D eigenvalue weighted by Crippen LogP contribution is -2.18. The molecule has 0 aliphatic rings. The zero-order chi connectivity index (χ0) is 13.1. The highest BCUT2D eigenvalue weighted by Crippen LogP contribution is 2.09. The van der Waals surface area contributed by atoms with Gasteiger partial charge in [-0.15, -0.1) is 0 Å². The maximum atomic E-state index is 12.0. The van der Waals surface area contributed by atoms with Crippen LogP contribution >= 0.6 is 11.6 Å². The van der Waals surface area contributed by atoms with Gasteiger partial charge in [0.1, 0.15) is 10.8 Å². The van der Waals surface area contributed by atoms with Gasteiger partial charge in [-0.25, -0.2) is 9.97 Å². The van der Waals surface area contributed by atoms with Gasteiger partial charge in [0, 0.05) is 6.54 Å². The van der Waals surface area contributed by atoms with Crippen LogP contribution < -0.4 is 5.32 Å².